The maximum atomic E-state index is 12.2. The van der Waals surface area contributed by atoms with E-state index in [9.17, 15) is 4.79 Å². The van der Waals surface area contributed by atoms with Crippen molar-refractivity contribution >= 4 is 57.4 Å². The highest BCUT2D eigenvalue weighted by atomic mass is 127. The van der Waals surface area contributed by atoms with Crippen LogP contribution in [0.1, 0.15) is 28.3 Å². The number of nitrogens with one attached hydrogen (secondary N) is 1. The van der Waals surface area contributed by atoms with Crippen LogP contribution >= 0.6 is 45.8 Å². The standard InChI is InChI=1S/C16H12Cl2INO/c17-16(18)9-13(16)10-5-7-11(8-6-10)20-15(21)12-3-1-2-4-14(12)19/h1-8,13H,9H2,(H,20,21)/t13-/m1/s1. The predicted octanol–water partition coefficient (Wildman–Crippen LogP) is 5.20. The molecule has 1 aliphatic carbocycles. The summed E-state index contributed by atoms with van der Waals surface area (Å²) in [5.74, 6) is 0.0869. The van der Waals surface area contributed by atoms with E-state index >= 15 is 0 Å². The Labute approximate surface area is 147 Å². The van der Waals surface area contributed by atoms with Gasteiger partial charge in [-0.15, -0.1) is 23.2 Å². The maximum absolute atomic E-state index is 12.2. The van der Waals surface area contributed by atoms with Gasteiger partial charge in [0.25, 0.3) is 5.91 Å². The minimum atomic E-state index is -0.620. The normalized spacial score (nSPS) is 19.1. The molecular weight excluding hydrogens is 420 g/mol. The van der Waals surface area contributed by atoms with E-state index in [2.05, 4.69) is 27.9 Å². The first-order valence-corrected chi connectivity index (χ1v) is 8.34. The monoisotopic (exact) mass is 431 g/mol. The van der Waals surface area contributed by atoms with Gasteiger partial charge in [-0.1, -0.05) is 24.3 Å². The zero-order chi connectivity index (χ0) is 15.0. The zero-order valence-electron chi connectivity index (χ0n) is 10.9. The first-order valence-electron chi connectivity index (χ1n) is 6.51. The molecule has 0 heterocycles. The van der Waals surface area contributed by atoms with E-state index in [0.29, 0.717) is 5.56 Å². The molecule has 5 heteroatoms. The van der Waals surface area contributed by atoms with Crippen molar-refractivity contribution in [3.8, 4) is 0 Å². The molecular formula is C16H12Cl2INO. The molecule has 1 amide bonds. The Morgan fingerprint density at radius 1 is 1.14 bits per heavy atom. The number of benzene rings is 2. The number of carbonyl (C=O) groups excluding carboxylic acids is 1. The third-order valence-corrected chi connectivity index (χ3v) is 5.29. The summed E-state index contributed by atoms with van der Waals surface area (Å²) in [5, 5.41) is 2.90. The fourth-order valence-corrected chi connectivity index (χ4v) is 3.41. The number of hydrogen-bond acceptors (Lipinski definition) is 1. The number of rotatable bonds is 3. The van der Waals surface area contributed by atoms with Gasteiger partial charge in [-0.3, -0.25) is 4.79 Å². The summed E-state index contributed by atoms with van der Waals surface area (Å²) in [6.45, 7) is 0. The third kappa shape index (κ3) is 3.35. The van der Waals surface area contributed by atoms with Crippen LogP contribution in [0.5, 0.6) is 0 Å². The minimum absolute atomic E-state index is 0.108. The molecule has 1 N–H and O–H groups in total. The van der Waals surface area contributed by atoms with Gasteiger partial charge in [0.1, 0.15) is 4.33 Å². The topological polar surface area (TPSA) is 29.1 Å². The van der Waals surface area contributed by atoms with Gasteiger partial charge in [-0.05, 0) is 58.8 Å². The second-order valence-electron chi connectivity index (χ2n) is 5.07. The summed E-state index contributed by atoms with van der Waals surface area (Å²) in [6.07, 6.45) is 0.782. The highest BCUT2D eigenvalue weighted by molar-refractivity contribution is 14.1. The second kappa shape index (κ2) is 5.78. The molecule has 0 radical (unpaired) electrons. The molecule has 2 aromatic carbocycles. The van der Waals surface area contributed by atoms with E-state index in [1.807, 2.05) is 48.5 Å². The molecule has 0 unspecified atom stereocenters. The van der Waals surface area contributed by atoms with Crippen molar-refractivity contribution in [2.45, 2.75) is 16.7 Å². The SMILES string of the molecule is O=C(Nc1ccc([C@H]2CC2(Cl)Cl)cc1)c1ccccc1I. The molecule has 0 saturated heterocycles. The number of anilines is 1. The maximum Gasteiger partial charge on any atom is 0.256 e. The number of halogens is 3. The molecule has 1 fully saturated rings. The fourth-order valence-electron chi connectivity index (χ4n) is 2.22. The van der Waals surface area contributed by atoms with Gasteiger partial charge < -0.3 is 5.32 Å². The molecule has 0 aromatic heterocycles. The van der Waals surface area contributed by atoms with Crippen LogP contribution in [0.4, 0.5) is 5.69 Å². The lowest BCUT2D eigenvalue weighted by molar-refractivity contribution is 0.102. The van der Waals surface area contributed by atoms with Crippen LogP contribution in [-0.2, 0) is 0 Å². The van der Waals surface area contributed by atoms with Crippen molar-refractivity contribution in [3.63, 3.8) is 0 Å². The van der Waals surface area contributed by atoms with Crippen LogP contribution in [0, 0.1) is 3.57 Å². The molecule has 21 heavy (non-hydrogen) atoms. The Kier molecular flexibility index (Phi) is 4.17. The second-order valence-corrected chi connectivity index (χ2v) is 7.78. The van der Waals surface area contributed by atoms with Crippen molar-refractivity contribution in [2.75, 3.05) is 5.32 Å². The van der Waals surface area contributed by atoms with Crippen molar-refractivity contribution in [3.05, 3.63) is 63.2 Å². The third-order valence-electron chi connectivity index (χ3n) is 3.52. The van der Waals surface area contributed by atoms with E-state index in [-0.39, 0.29) is 11.8 Å². The van der Waals surface area contributed by atoms with E-state index in [4.69, 9.17) is 23.2 Å². The van der Waals surface area contributed by atoms with Crippen molar-refractivity contribution < 1.29 is 4.79 Å². The Balaban J connectivity index is 1.71. The van der Waals surface area contributed by atoms with E-state index in [1.54, 1.807) is 0 Å². The van der Waals surface area contributed by atoms with Gasteiger partial charge in [-0.2, -0.15) is 0 Å². The van der Waals surface area contributed by atoms with Gasteiger partial charge in [0.15, 0.2) is 0 Å². The largest absolute Gasteiger partial charge is 0.322 e. The predicted molar refractivity (Wildman–Crippen MR) is 95.3 cm³/mol. The average molecular weight is 432 g/mol. The molecule has 0 spiro atoms. The number of amides is 1. The fraction of sp³-hybridized carbons (Fsp3) is 0.188. The molecule has 2 nitrogen and oxygen atoms in total. The van der Waals surface area contributed by atoms with Gasteiger partial charge in [0, 0.05) is 15.2 Å². The Bertz CT molecular complexity index is 685. The van der Waals surface area contributed by atoms with E-state index in [1.165, 1.54) is 0 Å². The number of carbonyl (C=O) groups is 1. The molecule has 0 aliphatic heterocycles. The quantitative estimate of drug-likeness (QED) is 0.524. The van der Waals surface area contributed by atoms with Gasteiger partial charge in [0.2, 0.25) is 0 Å². The van der Waals surface area contributed by atoms with Crippen LogP contribution in [0.2, 0.25) is 0 Å². The summed E-state index contributed by atoms with van der Waals surface area (Å²) in [6, 6.07) is 15.2. The van der Waals surface area contributed by atoms with Gasteiger partial charge in [0.05, 0.1) is 5.56 Å². The zero-order valence-corrected chi connectivity index (χ0v) is 14.6. The molecule has 2 aromatic rings. The Morgan fingerprint density at radius 3 is 2.33 bits per heavy atom. The highest BCUT2D eigenvalue weighted by Crippen LogP contribution is 2.59. The summed E-state index contributed by atoms with van der Waals surface area (Å²) in [7, 11) is 0. The summed E-state index contributed by atoms with van der Waals surface area (Å²) in [4.78, 5) is 12.2. The molecule has 3 rings (SSSR count). The van der Waals surface area contributed by atoms with Crippen molar-refractivity contribution in [2.24, 2.45) is 0 Å². The lowest BCUT2D eigenvalue weighted by Gasteiger charge is -2.08. The van der Waals surface area contributed by atoms with Crippen LogP contribution in [-0.4, -0.2) is 10.2 Å². The first kappa shape index (κ1) is 15.1. The highest BCUT2D eigenvalue weighted by Gasteiger charge is 2.52. The van der Waals surface area contributed by atoms with Crippen LogP contribution in [0.3, 0.4) is 0 Å². The Morgan fingerprint density at radius 2 is 1.76 bits per heavy atom. The Hall–Kier alpha value is -0.780. The molecule has 108 valence electrons. The summed E-state index contributed by atoms with van der Waals surface area (Å²) < 4.78 is 0.307. The van der Waals surface area contributed by atoms with Crippen LogP contribution in [0.25, 0.3) is 0 Å². The molecule has 1 atom stereocenters. The first-order chi connectivity index (χ1) is 9.97. The minimum Gasteiger partial charge on any atom is -0.322 e. The molecule has 0 bridgehead atoms. The average Bonchev–Trinajstić information content (AvgIpc) is 3.09. The number of hydrogen-bond donors (Lipinski definition) is 1. The van der Waals surface area contributed by atoms with Gasteiger partial charge >= 0.3 is 0 Å². The summed E-state index contributed by atoms with van der Waals surface area (Å²) >= 11 is 14.3. The van der Waals surface area contributed by atoms with Crippen molar-refractivity contribution in [1.29, 1.82) is 0 Å². The van der Waals surface area contributed by atoms with E-state index in [0.717, 1.165) is 21.2 Å². The van der Waals surface area contributed by atoms with Crippen LogP contribution < -0.4 is 5.32 Å². The summed E-state index contributed by atoms with van der Waals surface area (Å²) in [5.41, 5.74) is 2.54. The number of alkyl halides is 2. The van der Waals surface area contributed by atoms with Gasteiger partial charge in [-0.25, -0.2) is 0 Å². The van der Waals surface area contributed by atoms with Crippen molar-refractivity contribution in [1.82, 2.24) is 0 Å². The lowest BCUT2D eigenvalue weighted by Crippen LogP contribution is -2.13. The molecule has 1 aliphatic rings. The smallest absolute Gasteiger partial charge is 0.256 e. The van der Waals surface area contributed by atoms with Crippen LogP contribution in [0.15, 0.2) is 48.5 Å². The van der Waals surface area contributed by atoms with E-state index < -0.39 is 4.33 Å². The lowest BCUT2D eigenvalue weighted by atomic mass is 10.1. The molecule has 1 saturated carbocycles.